The molecule has 5 heteroatoms. The number of nitrogen functional groups attached to an aromatic ring is 1. The number of anilines is 1. The largest absolute Gasteiger partial charge is 0.399 e. The van der Waals surface area contributed by atoms with Crippen LogP contribution in [0.2, 0.25) is 10.0 Å². The molecule has 0 spiro atoms. The van der Waals surface area contributed by atoms with E-state index in [9.17, 15) is 4.79 Å². The van der Waals surface area contributed by atoms with Crippen LogP contribution in [-0.2, 0) is 6.42 Å². The van der Waals surface area contributed by atoms with Crippen LogP contribution in [0, 0.1) is 0 Å². The van der Waals surface area contributed by atoms with E-state index >= 15 is 0 Å². The van der Waals surface area contributed by atoms with Gasteiger partial charge in [0, 0.05) is 27.8 Å². The van der Waals surface area contributed by atoms with Crippen molar-refractivity contribution < 1.29 is 4.79 Å². The van der Waals surface area contributed by atoms with Gasteiger partial charge in [0.1, 0.15) is 0 Å². The number of rotatable bonds is 4. The first kappa shape index (κ1) is 14.7. The molecule has 0 unspecified atom stereocenters. The van der Waals surface area contributed by atoms with E-state index in [4.69, 9.17) is 28.9 Å². The highest BCUT2D eigenvalue weighted by molar-refractivity contribution is 6.35. The number of hydrogen-bond acceptors (Lipinski definition) is 2. The Morgan fingerprint density at radius 1 is 1.10 bits per heavy atom. The van der Waals surface area contributed by atoms with Crippen molar-refractivity contribution in [3.05, 3.63) is 63.6 Å². The van der Waals surface area contributed by atoms with Crippen LogP contribution in [0.3, 0.4) is 0 Å². The number of halogens is 2. The second kappa shape index (κ2) is 6.64. The Bertz CT molecular complexity index is 612. The minimum absolute atomic E-state index is 0.130. The lowest BCUT2D eigenvalue weighted by Gasteiger charge is -2.07. The molecule has 0 heterocycles. The summed E-state index contributed by atoms with van der Waals surface area (Å²) in [6.07, 6.45) is 0.650. The molecule has 0 fully saturated rings. The van der Waals surface area contributed by atoms with Crippen LogP contribution in [0.4, 0.5) is 5.69 Å². The molecule has 0 radical (unpaired) electrons. The lowest BCUT2D eigenvalue weighted by atomic mass is 10.1. The molecule has 20 heavy (non-hydrogen) atoms. The average molecular weight is 309 g/mol. The maximum atomic E-state index is 11.9. The minimum Gasteiger partial charge on any atom is -0.399 e. The van der Waals surface area contributed by atoms with Gasteiger partial charge in [0.25, 0.3) is 5.91 Å². The normalized spacial score (nSPS) is 10.3. The highest BCUT2D eigenvalue weighted by atomic mass is 35.5. The van der Waals surface area contributed by atoms with Crippen LogP contribution in [-0.4, -0.2) is 12.5 Å². The van der Waals surface area contributed by atoms with Gasteiger partial charge in [0.05, 0.1) is 0 Å². The summed E-state index contributed by atoms with van der Waals surface area (Å²) in [6.45, 7) is 0.505. The summed E-state index contributed by atoms with van der Waals surface area (Å²) >= 11 is 11.9. The van der Waals surface area contributed by atoms with E-state index in [0.717, 1.165) is 5.56 Å². The molecule has 0 atom stereocenters. The van der Waals surface area contributed by atoms with Crippen molar-refractivity contribution in [3.63, 3.8) is 0 Å². The van der Waals surface area contributed by atoms with Crippen molar-refractivity contribution in [1.29, 1.82) is 0 Å². The van der Waals surface area contributed by atoms with Gasteiger partial charge in [0.2, 0.25) is 0 Å². The molecule has 0 aliphatic carbocycles. The molecule has 1 amide bonds. The second-order valence-electron chi connectivity index (χ2n) is 4.36. The summed E-state index contributed by atoms with van der Waals surface area (Å²) in [7, 11) is 0. The molecule has 0 saturated heterocycles. The van der Waals surface area contributed by atoms with Gasteiger partial charge in [-0.15, -0.1) is 0 Å². The van der Waals surface area contributed by atoms with E-state index in [1.54, 1.807) is 36.4 Å². The van der Waals surface area contributed by atoms with Gasteiger partial charge in [-0.1, -0.05) is 29.3 Å². The van der Waals surface area contributed by atoms with Crippen LogP contribution < -0.4 is 11.1 Å². The van der Waals surface area contributed by atoms with Crippen molar-refractivity contribution in [1.82, 2.24) is 5.32 Å². The van der Waals surface area contributed by atoms with Gasteiger partial charge in [-0.25, -0.2) is 0 Å². The molecule has 3 N–H and O–H groups in total. The van der Waals surface area contributed by atoms with E-state index < -0.39 is 0 Å². The summed E-state index contributed by atoms with van der Waals surface area (Å²) in [5, 5.41) is 4.05. The van der Waals surface area contributed by atoms with E-state index in [-0.39, 0.29) is 5.91 Å². The Hall–Kier alpha value is -1.71. The summed E-state index contributed by atoms with van der Waals surface area (Å²) < 4.78 is 0. The summed E-state index contributed by atoms with van der Waals surface area (Å²) in [4.78, 5) is 11.9. The van der Waals surface area contributed by atoms with Gasteiger partial charge >= 0.3 is 0 Å². The van der Waals surface area contributed by atoms with Crippen LogP contribution in [0.25, 0.3) is 0 Å². The monoisotopic (exact) mass is 308 g/mol. The van der Waals surface area contributed by atoms with Crippen LogP contribution in [0.15, 0.2) is 42.5 Å². The summed E-state index contributed by atoms with van der Waals surface area (Å²) in [5.74, 6) is -0.130. The van der Waals surface area contributed by atoms with Gasteiger partial charge < -0.3 is 11.1 Å². The maximum Gasteiger partial charge on any atom is 0.251 e. The zero-order chi connectivity index (χ0) is 14.5. The third-order valence-corrected chi connectivity index (χ3v) is 3.45. The molecule has 0 saturated carbocycles. The van der Waals surface area contributed by atoms with Crippen molar-refractivity contribution in [2.75, 3.05) is 12.3 Å². The van der Waals surface area contributed by atoms with Crippen molar-refractivity contribution in [3.8, 4) is 0 Å². The van der Waals surface area contributed by atoms with E-state index in [0.29, 0.717) is 34.3 Å². The topological polar surface area (TPSA) is 55.1 Å². The third kappa shape index (κ3) is 3.89. The highest BCUT2D eigenvalue weighted by Gasteiger charge is 2.06. The first-order valence-electron chi connectivity index (χ1n) is 6.14. The van der Waals surface area contributed by atoms with Gasteiger partial charge in [0.15, 0.2) is 0 Å². The van der Waals surface area contributed by atoms with Crippen molar-refractivity contribution >= 4 is 34.8 Å². The Morgan fingerprint density at radius 3 is 2.45 bits per heavy atom. The SMILES string of the molecule is Nc1ccc(C(=O)NCCc2ccc(Cl)cc2Cl)cc1. The Labute approximate surface area is 127 Å². The molecule has 104 valence electrons. The number of carbonyl (C=O) groups is 1. The molecule has 3 nitrogen and oxygen atoms in total. The first-order chi connectivity index (χ1) is 9.56. The van der Waals surface area contributed by atoms with E-state index in [1.165, 1.54) is 0 Å². The molecular formula is C15H14Cl2N2O. The fraction of sp³-hybridized carbons (Fsp3) is 0.133. The Kier molecular flexibility index (Phi) is 4.88. The third-order valence-electron chi connectivity index (χ3n) is 2.87. The number of nitrogens with two attached hydrogens (primary N) is 1. The average Bonchev–Trinajstić information content (AvgIpc) is 2.42. The summed E-state index contributed by atoms with van der Waals surface area (Å²) in [5.41, 5.74) is 7.75. The molecule has 0 aromatic heterocycles. The zero-order valence-corrected chi connectivity index (χ0v) is 12.2. The first-order valence-corrected chi connectivity index (χ1v) is 6.89. The fourth-order valence-corrected chi connectivity index (χ4v) is 2.27. The predicted molar refractivity (Wildman–Crippen MR) is 83.4 cm³/mol. The van der Waals surface area contributed by atoms with Crippen LogP contribution in [0.5, 0.6) is 0 Å². The standard InChI is InChI=1S/C15H14Cl2N2O/c16-12-4-1-10(14(17)9-12)7-8-19-15(20)11-2-5-13(18)6-3-11/h1-6,9H,7-8,18H2,(H,19,20). The van der Waals surface area contributed by atoms with Crippen LogP contribution in [0.1, 0.15) is 15.9 Å². The van der Waals surface area contributed by atoms with Gasteiger partial charge in [-0.05, 0) is 48.4 Å². The number of hydrogen-bond donors (Lipinski definition) is 2. The minimum atomic E-state index is -0.130. The number of amides is 1. The molecule has 0 aliphatic heterocycles. The Morgan fingerprint density at radius 2 is 1.80 bits per heavy atom. The molecule has 2 aromatic rings. The lowest BCUT2D eigenvalue weighted by Crippen LogP contribution is -2.25. The Balaban J connectivity index is 1.89. The maximum absolute atomic E-state index is 11.9. The molecule has 2 rings (SSSR count). The molecule has 0 aliphatic rings. The lowest BCUT2D eigenvalue weighted by molar-refractivity contribution is 0.0954. The number of nitrogens with one attached hydrogen (secondary N) is 1. The predicted octanol–water partition coefficient (Wildman–Crippen LogP) is 3.55. The van der Waals surface area contributed by atoms with Gasteiger partial charge in [-0.3, -0.25) is 4.79 Å². The van der Waals surface area contributed by atoms with Gasteiger partial charge in [-0.2, -0.15) is 0 Å². The van der Waals surface area contributed by atoms with Crippen LogP contribution >= 0.6 is 23.2 Å². The fourth-order valence-electron chi connectivity index (χ4n) is 1.77. The molecular weight excluding hydrogens is 295 g/mol. The molecule has 2 aromatic carbocycles. The van der Waals surface area contributed by atoms with E-state index in [1.807, 2.05) is 6.07 Å². The van der Waals surface area contributed by atoms with Crippen molar-refractivity contribution in [2.24, 2.45) is 0 Å². The van der Waals surface area contributed by atoms with E-state index in [2.05, 4.69) is 5.32 Å². The quantitative estimate of drug-likeness (QED) is 0.849. The van der Waals surface area contributed by atoms with Crippen molar-refractivity contribution in [2.45, 2.75) is 6.42 Å². The number of benzene rings is 2. The smallest absolute Gasteiger partial charge is 0.251 e. The molecule has 0 bridgehead atoms. The number of carbonyl (C=O) groups excluding carboxylic acids is 1. The second-order valence-corrected chi connectivity index (χ2v) is 5.21. The highest BCUT2D eigenvalue weighted by Crippen LogP contribution is 2.21. The summed E-state index contributed by atoms with van der Waals surface area (Å²) in [6, 6.07) is 12.1. The zero-order valence-electron chi connectivity index (χ0n) is 10.7.